The molecule has 2 amide bonds. The normalized spacial score (nSPS) is 10.6. The van der Waals surface area contributed by atoms with Gasteiger partial charge in [-0.25, -0.2) is 4.68 Å². The Balaban J connectivity index is 1.50. The van der Waals surface area contributed by atoms with Crippen molar-refractivity contribution in [3.63, 3.8) is 0 Å². The second kappa shape index (κ2) is 8.39. The van der Waals surface area contributed by atoms with Crippen molar-refractivity contribution in [3.8, 4) is 5.69 Å². The topological polar surface area (TPSA) is 88.9 Å². The molecular weight excluding hydrogens is 330 g/mol. The van der Waals surface area contributed by atoms with Gasteiger partial charge in [-0.1, -0.05) is 12.1 Å². The largest absolute Gasteiger partial charge is 0.343 e. The van der Waals surface area contributed by atoms with E-state index in [4.69, 9.17) is 0 Å². The molecule has 7 heteroatoms. The van der Waals surface area contributed by atoms with E-state index >= 15 is 0 Å². The van der Waals surface area contributed by atoms with Gasteiger partial charge in [0.25, 0.3) is 0 Å². The molecule has 7 nitrogen and oxygen atoms in total. The van der Waals surface area contributed by atoms with Crippen molar-refractivity contribution in [2.75, 3.05) is 11.9 Å². The third-order valence-electron chi connectivity index (χ3n) is 3.43. The minimum absolute atomic E-state index is 0.123. The first-order valence-electron chi connectivity index (χ1n) is 7.96. The highest BCUT2D eigenvalue weighted by Gasteiger charge is 2.05. The van der Waals surface area contributed by atoms with Crippen molar-refractivity contribution in [1.82, 2.24) is 20.1 Å². The quantitative estimate of drug-likeness (QED) is 0.668. The maximum Gasteiger partial charge on any atom is 0.244 e. The molecule has 3 rings (SSSR count). The molecule has 3 aromatic rings. The number of hydrogen-bond acceptors (Lipinski definition) is 4. The standard InChI is InChI=1S/C19H17N5O2/c25-18(8-7-15-4-2-9-20-13-15)21-14-19(26)23-16-5-1-6-17(12-16)24-11-3-10-22-24/h1-13H,14H2,(H,21,25)(H,23,26)/b8-7+. The summed E-state index contributed by atoms with van der Waals surface area (Å²) in [6.45, 7) is -0.123. The van der Waals surface area contributed by atoms with Crippen LogP contribution in [0.15, 0.2) is 73.3 Å². The lowest BCUT2D eigenvalue weighted by Crippen LogP contribution is -2.31. The van der Waals surface area contributed by atoms with E-state index in [2.05, 4.69) is 20.7 Å². The molecular formula is C19H17N5O2. The van der Waals surface area contributed by atoms with Crippen LogP contribution in [-0.4, -0.2) is 33.1 Å². The minimum Gasteiger partial charge on any atom is -0.343 e. The Morgan fingerprint density at radius 3 is 2.81 bits per heavy atom. The summed E-state index contributed by atoms with van der Waals surface area (Å²) in [5, 5.41) is 9.43. The smallest absolute Gasteiger partial charge is 0.244 e. The van der Waals surface area contributed by atoms with Crippen molar-refractivity contribution in [3.05, 3.63) is 78.9 Å². The molecule has 2 heterocycles. The van der Waals surface area contributed by atoms with Crippen LogP contribution in [0.4, 0.5) is 5.69 Å². The van der Waals surface area contributed by atoms with Crippen molar-refractivity contribution in [1.29, 1.82) is 0 Å². The lowest BCUT2D eigenvalue weighted by Gasteiger charge is -2.08. The lowest BCUT2D eigenvalue weighted by atomic mass is 10.2. The summed E-state index contributed by atoms with van der Waals surface area (Å²) in [5.74, 6) is -0.667. The number of rotatable bonds is 6. The number of benzene rings is 1. The number of carbonyl (C=O) groups excluding carboxylic acids is 2. The molecule has 0 spiro atoms. The number of hydrogen-bond donors (Lipinski definition) is 2. The van der Waals surface area contributed by atoms with Crippen LogP contribution in [0.25, 0.3) is 11.8 Å². The van der Waals surface area contributed by atoms with Crippen LogP contribution < -0.4 is 10.6 Å². The van der Waals surface area contributed by atoms with Crippen LogP contribution in [0.3, 0.4) is 0 Å². The molecule has 0 aliphatic rings. The fourth-order valence-corrected chi connectivity index (χ4v) is 2.23. The molecule has 0 saturated heterocycles. The Kier molecular flexibility index (Phi) is 5.51. The maximum atomic E-state index is 12.0. The van der Waals surface area contributed by atoms with Crippen LogP contribution in [0, 0.1) is 0 Å². The summed E-state index contributed by atoms with van der Waals surface area (Å²) >= 11 is 0. The number of aromatic nitrogens is 3. The molecule has 1 aromatic carbocycles. The van der Waals surface area contributed by atoms with Gasteiger partial charge in [0.2, 0.25) is 11.8 Å². The van der Waals surface area contributed by atoms with Gasteiger partial charge < -0.3 is 10.6 Å². The molecule has 2 N–H and O–H groups in total. The molecule has 130 valence electrons. The Morgan fingerprint density at radius 1 is 1.12 bits per heavy atom. The fraction of sp³-hybridized carbons (Fsp3) is 0.0526. The predicted octanol–water partition coefficient (Wildman–Crippen LogP) is 2.04. The third kappa shape index (κ3) is 4.88. The first-order valence-corrected chi connectivity index (χ1v) is 7.96. The zero-order valence-electron chi connectivity index (χ0n) is 13.9. The highest BCUT2D eigenvalue weighted by Crippen LogP contribution is 2.13. The van der Waals surface area contributed by atoms with Crippen LogP contribution >= 0.6 is 0 Å². The number of nitrogens with one attached hydrogen (secondary N) is 2. The average molecular weight is 347 g/mol. The van der Waals surface area contributed by atoms with E-state index in [0.29, 0.717) is 5.69 Å². The van der Waals surface area contributed by atoms with Gasteiger partial charge in [-0.15, -0.1) is 0 Å². The van der Waals surface area contributed by atoms with E-state index in [1.54, 1.807) is 47.5 Å². The van der Waals surface area contributed by atoms with Crippen LogP contribution in [0.1, 0.15) is 5.56 Å². The molecule has 26 heavy (non-hydrogen) atoms. The zero-order valence-corrected chi connectivity index (χ0v) is 13.9. The Hall–Kier alpha value is -3.74. The molecule has 0 saturated carbocycles. The van der Waals surface area contributed by atoms with Crippen LogP contribution in [0.2, 0.25) is 0 Å². The van der Waals surface area contributed by atoms with E-state index in [1.165, 1.54) is 6.08 Å². The Morgan fingerprint density at radius 2 is 2.04 bits per heavy atom. The molecule has 0 aliphatic carbocycles. The van der Waals surface area contributed by atoms with E-state index in [0.717, 1.165) is 11.3 Å². The van der Waals surface area contributed by atoms with Gasteiger partial charge in [0.15, 0.2) is 0 Å². The second-order valence-electron chi connectivity index (χ2n) is 5.39. The van der Waals surface area contributed by atoms with Crippen molar-refractivity contribution >= 4 is 23.6 Å². The molecule has 0 bridgehead atoms. The number of pyridine rings is 1. The minimum atomic E-state index is -0.353. The van der Waals surface area contributed by atoms with Crippen molar-refractivity contribution in [2.24, 2.45) is 0 Å². The van der Waals surface area contributed by atoms with Gasteiger partial charge in [-0.05, 0) is 42.0 Å². The Labute approximate surface area is 150 Å². The van der Waals surface area contributed by atoms with Gasteiger partial charge in [-0.2, -0.15) is 5.10 Å². The summed E-state index contributed by atoms with van der Waals surface area (Å²) in [5.41, 5.74) is 2.27. The number of amides is 2. The number of carbonyl (C=O) groups is 2. The molecule has 0 fully saturated rings. The van der Waals surface area contributed by atoms with E-state index in [9.17, 15) is 9.59 Å². The van der Waals surface area contributed by atoms with Gasteiger partial charge in [0, 0.05) is 36.6 Å². The molecule has 0 aliphatic heterocycles. The summed E-state index contributed by atoms with van der Waals surface area (Å²) in [6, 6.07) is 12.7. The Bertz CT molecular complexity index is 905. The SMILES string of the molecule is O=C(/C=C/c1cccnc1)NCC(=O)Nc1cccc(-n2cccn2)c1. The van der Waals surface area contributed by atoms with Crippen molar-refractivity contribution in [2.45, 2.75) is 0 Å². The van der Waals surface area contributed by atoms with Crippen molar-refractivity contribution < 1.29 is 9.59 Å². The van der Waals surface area contributed by atoms with Gasteiger partial charge >= 0.3 is 0 Å². The first kappa shape index (κ1) is 17.1. The van der Waals surface area contributed by atoms with E-state index in [-0.39, 0.29) is 18.4 Å². The average Bonchev–Trinajstić information content (AvgIpc) is 3.21. The lowest BCUT2D eigenvalue weighted by molar-refractivity contribution is -0.121. The molecule has 0 unspecified atom stereocenters. The monoisotopic (exact) mass is 347 g/mol. The van der Waals surface area contributed by atoms with Crippen LogP contribution in [-0.2, 0) is 9.59 Å². The summed E-state index contributed by atoms with van der Waals surface area (Å²) in [6.07, 6.45) is 9.79. The highest BCUT2D eigenvalue weighted by atomic mass is 16.2. The number of anilines is 1. The first-order chi connectivity index (χ1) is 12.7. The molecule has 0 radical (unpaired) electrons. The summed E-state index contributed by atoms with van der Waals surface area (Å²) in [4.78, 5) is 27.7. The van der Waals surface area contributed by atoms with Crippen LogP contribution in [0.5, 0.6) is 0 Å². The predicted molar refractivity (Wildman–Crippen MR) is 98.5 cm³/mol. The van der Waals surface area contributed by atoms with Gasteiger partial charge in [-0.3, -0.25) is 14.6 Å². The third-order valence-corrected chi connectivity index (χ3v) is 3.43. The fourth-order valence-electron chi connectivity index (χ4n) is 2.23. The summed E-state index contributed by atoms with van der Waals surface area (Å²) in [7, 11) is 0. The highest BCUT2D eigenvalue weighted by molar-refractivity contribution is 5.98. The van der Waals surface area contributed by atoms with Gasteiger partial charge in [0.1, 0.15) is 0 Å². The van der Waals surface area contributed by atoms with E-state index < -0.39 is 0 Å². The number of nitrogens with zero attached hydrogens (tertiary/aromatic N) is 3. The molecule has 0 atom stereocenters. The van der Waals surface area contributed by atoms with Gasteiger partial charge in [0.05, 0.1) is 12.2 Å². The summed E-state index contributed by atoms with van der Waals surface area (Å²) < 4.78 is 1.70. The second-order valence-corrected chi connectivity index (χ2v) is 5.39. The zero-order chi connectivity index (χ0) is 18.2. The van der Waals surface area contributed by atoms with E-state index in [1.807, 2.05) is 30.5 Å². The molecule has 2 aromatic heterocycles. The maximum absolute atomic E-state index is 12.0.